The van der Waals surface area contributed by atoms with E-state index in [0.717, 1.165) is 15.6 Å². The van der Waals surface area contributed by atoms with E-state index in [1.54, 1.807) is 0 Å². The smallest absolute Gasteiger partial charge is 0.170 e. The Morgan fingerprint density at radius 2 is 2.25 bits per heavy atom. The van der Waals surface area contributed by atoms with Crippen molar-refractivity contribution in [2.24, 2.45) is 10.9 Å². The van der Waals surface area contributed by atoms with E-state index in [1.807, 2.05) is 25.1 Å². The molecule has 0 aliphatic heterocycles. The highest BCUT2D eigenvalue weighted by Gasteiger charge is 2.03. The number of halogens is 1. The summed E-state index contributed by atoms with van der Waals surface area (Å²) in [5.41, 5.74) is 7.17. The maximum atomic E-state index is 8.45. The minimum Gasteiger partial charge on any atom is -0.409 e. The van der Waals surface area contributed by atoms with Gasteiger partial charge in [-0.1, -0.05) is 27.2 Å². The van der Waals surface area contributed by atoms with Crippen molar-refractivity contribution in [1.29, 1.82) is 0 Å². The average molecular weight is 229 g/mol. The van der Waals surface area contributed by atoms with Gasteiger partial charge in [0, 0.05) is 10.0 Å². The van der Waals surface area contributed by atoms with Gasteiger partial charge in [-0.05, 0) is 24.6 Å². The fourth-order valence-electron chi connectivity index (χ4n) is 0.924. The second kappa shape index (κ2) is 3.58. The molecule has 0 saturated carbocycles. The Bertz CT molecular complexity index is 323. The van der Waals surface area contributed by atoms with E-state index in [0.29, 0.717) is 0 Å². The van der Waals surface area contributed by atoms with Gasteiger partial charge in [0.15, 0.2) is 5.84 Å². The Labute approximate surface area is 79.0 Å². The molecule has 0 spiro atoms. The summed E-state index contributed by atoms with van der Waals surface area (Å²) in [6.07, 6.45) is 0. The molecule has 0 aliphatic carbocycles. The second-order valence-corrected chi connectivity index (χ2v) is 3.36. The van der Waals surface area contributed by atoms with Gasteiger partial charge < -0.3 is 10.9 Å². The Kier molecular flexibility index (Phi) is 2.70. The topological polar surface area (TPSA) is 58.6 Å². The van der Waals surface area contributed by atoms with Crippen LogP contribution in [0.25, 0.3) is 0 Å². The van der Waals surface area contributed by atoms with Gasteiger partial charge in [0.25, 0.3) is 0 Å². The van der Waals surface area contributed by atoms with E-state index in [2.05, 4.69) is 21.1 Å². The SMILES string of the molecule is Cc1ccc(Br)cc1/C(N)=N/O. The van der Waals surface area contributed by atoms with E-state index in [4.69, 9.17) is 10.9 Å². The Balaban J connectivity index is 3.23. The Morgan fingerprint density at radius 1 is 1.58 bits per heavy atom. The zero-order valence-corrected chi connectivity index (χ0v) is 8.17. The molecule has 0 unspecified atom stereocenters. The maximum Gasteiger partial charge on any atom is 0.170 e. The molecule has 0 bridgehead atoms. The van der Waals surface area contributed by atoms with Crippen LogP contribution >= 0.6 is 15.9 Å². The zero-order chi connectivity index (χ0) is 9.14. The monoisotopic (exact) mass is 228 g/mol. The number of rotatable bonds is 1. The number of hydrogen-bond acceptors (Lipinski definition) is 2. The van der Waals surface area contributed by atoms with Crippen LogP contribution in [0.2, 0.25) is 0 Å². The third kappa shape index (κ3) is 1.76. The molecule has 0 atom stereocenters. The molecule has 64 valence electrons. The van der Waals surface area contributed by atoms with Crippen LogP contribution in [-0.2, 0) is 0 Å². The Morgan fingerprint density at radius 3 is 2.83 bits per heavy atom. The lowest BCUT2D eigenvalue weighted by Crippen LogP contribution is -2.14. The molecule has 1 aromatic rings. The molecular formula is C8H9BrN2O. The minimum atomic E-state index is 0.133. The number of benzene rings is 1. The summed E-state index contributed by atoms with van der Waals surface area (Å²) in [4.78, 5) is 0. The lowest BCUT2D eigenvalue weighted by molar-refractivity contribution is 0.318. The van der Waals surface area contributed by atoms with Gasteiger partial charge >= 0.3 is 0 Å². The van der Waals surface area contributed by atoms with E-state index in [1.165, 1.54) is 0 Å². The zero-order valence-electron chi connectivity index (χ0n) is 6.58. The van der Waals surface area contributed by atoms with Crippen LogP contribution in [0.15, 0.2) is 27.8 Å². The highest BCUT2D eigenvalue weighted by Crippen LogP contribution is 2.15. The van der Waals surface area contributed by atoms with Crippen molar-refractivity contribution in [3.05, 3.63) is 33.8 Å². The van der Waals surface area contributed by atoms with Crippen LogP contribution in [0, 0.1) is 6.92 Å². The van der Waals surface area contributed by atoms with E-state index >= 15 is 0 Å². The van der Waals surface area contributed by atoms with Gasteiger partial charge in [-0.15, -0.1) is 0 Å². The van der Waals surface area contributed by atoms with Crippen molar-refractivity contribution in [3.8, 4) is 0 Å². The average Bonchev–Trinajstić information content (AvgIpc) is 2.08. The van der Waals surface area contributed by atoms with Crippen molar-refractivity contribution in [1.82, 2.24) is 0 Å². The molecule has 4 heteroatoms. The lowest BCUT2D eigenvalue weighted by atomic mass is 10.1. The predicted molar refractivity (Wildman–Crippen MR) is 51.4 cm³/mol. The standard InChI is InChI=1S/C8H9BrN2O/c1-5-2-3-6(9)4-7(5)8(10)11-12/h2-4,12H,1H3,(H2,10,11). The van der Waals surface area contributed by atoms with Crippen LogP contribution in [0.4, 0.5) is 0 Å². The fourth-order valence-corrected chi connectivity index (χ4v) is 1.29. The molecule has 0 radical (unpaired) electrons. The number of amidine groups is 1. The summed E-state index contributed by atoms with van der Waals surface area (Å²) in [6, 6.07) is 5.62. The van der Waals surface area contributed by atoms with Crippen molar-refractivity contribution in [3.63, 3.8) is 0 Å². The molecule has 1 aromatic carbocycles. The molecule has 0 fully saturated rings. The summed E-state index contributed by atoms with van der Waals surface area (Å²) < 4.78 is 0.912. The van der Waals surface area contributed by atoms with Crippen LogP contribution in [0.3, 0.4) is 0 Å². The van der Waals surface area contributed by atoms with Gasteiger partial charge in [0.05, 0.1) is 0 Å². The minimum absolute atomic E-state index is 0.133. The molecule has 0 amide bonds. The van der Waals surface area contributed by atoms with Crippen LogP contribution in [0.1, 0.15) is 11.1 Å². The molecule has 0 aliphatic rings. The molecular weight excluding hydrogens is 220 g/mol. The van der Waals surface area contributed by atoms with Crippen LogP contribution in [-0.4, -0.2) is 11.0 Å². The summed E-state index contributed by atoms with van der Waals surface area (Å²) in [5, 5.41) is 11.4. The number of aryl methyl sites for hydroxylation is 1. The first-order chi connectivity index (χ1) is 5.65. The number of hydrogen-bond donors (Lipinski definition) is 2. The molecule has 1 rings (SSSR count). The first-order valence-corrected chi connectivity index (χ1v) is 4.18. The predicted octanol–water partition coefficient (Wildman–Crippen LogP) is 1.85. The summed E-state index contributed by atoms with van der Waals surface area (Å²) >= 11 is 3.30. The van der Waals surface area contributed by atoms with E-state index in [9.17, 15) is 0 Å². The van der Waals surface area contributed by atoms with Gasteiger partial charge in [0.1, 0.15) is 0 Å². The molecule has 0 aromatic heterocycles. The number of nitrogens with zero attached hydrogens (tertiary/aromatic N) is 1. The maximum absolute atomic E-state index is 8.45. The first-order valence-electron chi connectivity index (χ1n) is 3.39. The molecule has 3 N–H and O–H groups in total. The van der Waals surface area contributed by atoms with Crippen molar-refractivity contribution in [2.45, 2.75) is 6.92 Å². The van der Waals surface area contributed by atoms with Gasteiger partial charge in [-0.2, -0.15) is 0 Å². The second-order valence-electron chi connectivity index (χ2n) is 2.44. The molecule has 0 saturated heterocycles. The van der Waals surface area contributed by atoms with Crippen LogP contribution in [0.5, 0.6) is 0 Å². The summed E-state index contributed by atoms with van der Waals surface area (Å²) in [5.74, 6) is 0.133. The quantitative estimate of drug-likeness (QED) is 0.334. The number of nitrogens with two attached hydrogens (primary N) is 1. The summed E-state index contributed by atoms with van der Waals surface area (Å²) in [6.45, 7) is 1.90. The third-order valence-electron chi connectivity index (χ3n) is 1.58. The normalized spacial score (nSPS) is 11.7. The highest BCUT2D eigenvalue weighted by molar-refractivity contribution is 9.10. The molecule has 12 heavy (non-hydrogen) atoms. The largest absolute Gasteiger partial charge is 0.409 e. The number of oxime groups is 1. The van der Waals surface area contributed by atoms with Gasteiger partial charge in [-0.25, -0.2) is 0 Å². The summed E-state index contributed by atoms with van der Waals surface area (Å²) in [7, 11) is 0. The molecule has 3 nitrogen and oxygen atoms in total. The first kappa shape index (κ1) is 9.06. The van der Waals surface area contributed by atoms with Gasteiger partial charge in [0.2, 0.25) is 0 Å². The van der Waals surface area contributed by atoms with Crippen molar-refractivity contribution in [2.75, 3.05) is 0 Å². The van der Waals surface area contributed by atoms with E-state index in [-0.39, 0.29) is 5.84 Å². The molecule has 0 heterocycles. The lowest BCUT2D eigenvalue weighted by Gasteiger charge is -2.03. The van der Waals surface area contributed by atoms with Crippen molar-refractivity contribution >= 4 is 21.8 Å². The van der Waals surface area contributed by atoms with E-state index < -0.39 is 0 Å². The van der Waals surface area contributed by atoms with Gasteiger partial charge in [-0.3, -0.25) is 0 Å². The third-order valence-corrected chi connectivity index (χ3v) is 2.08. The van der Waals surface area contributed by atoms with Crippen LogP contribution < -0.4 is 5.73 Å². The fraction of sp³-hybridized carbons (Fsp3) is 0.125. The highest BCUT2D eigenvalue weighted by atomic mass is 79.9. The Hall–Kier alpha value is -1.03. The van der Waals surface area contributed by atoms with Crippen molar-refractivity contribution < 1.29 is 5.21 Å².